The Morgan fingerprint density at radius 3 is 2.50 bits per heavy atom. The van der Waals surface area contributed by atoms with Gasteiger partial charge in [0.25, 0.3) is 0 Å². The maximum absolute atomic E-state index is 13.2. The van der Waals surface area contributed by atoms with Gasteiger partial charge in [-0.3, -0.25) is 0 Å². The molecule has 0 aliphatic heterocycles. The van der Waals surface area contributed by atoms with Gasteiger partial charge in [-0.2, -0.15) is 0 Å². The highest BCUT2D eigenvalue weighted by Gasteiger charge is 2.18. The van der Waals surface area contributed by atoms with Crippen molar-refractivity contribution in [3.05, 3.63) is 40.4 Å². The minimum Gasteiger partial charge on any atom is -0.384 e. The Balaban J connectivity index is 2.33. The van der Waals surface area contributed by atoms with Crippen LogP contribution in [-0.4, -0.2) is 9.97 Å². The number of nitrogens with two attached hydrogens (primary N) is 1. The number of hydrogen-bond donors (Lipinski definition) is 2. The molecule has 0 unspecified atom stereocenters. The van der Waals surface area contributed by atoms with Crippen molar-refractivity contribution in [1.29, 1.82) is 0 Å². The van der Waals surface area contributed by atoms with Gasteiger partial charge in [0, 0.05) is 17.2 Å². The molecule has 4 nitrogen and oxygen atoms in total. The van der Waals surface area contributed by atoms with Crippen molar-refractivity contribution < 1.29 is 4.39 Å². The van der Waals surface area contributed by atoms with Crippen molar-refractivity contribution in [1.82, 2.24) is 9.97 Å². The zero-order valence-electron chi connectivity index (χ0n) is 11.5. The number of anilines is 3. The fourth-order valence-electron chi connectivity index (χ4n) is 1.59. The van der Waals surface area contributed by atoms with E-state index in [1.54, 1.807) is 18.2 Å². The van der Waals surface area contributed by atoms with E-state index in [0.717, 1.165) is 5.69 Å². The van der Waals surface area contributed by atoms with E-state index in [2.05, 4.69) is 31.2 Å². The Bertz CT molecular complexity index is 638. The van der Waals surface area contributed by atoms with E-state index >= 15 is 0 Å². The molecule has 2 aromatic rings. The van der Waals surface area contributed by atoms with Crippen molar-refractivity contribution in [3.8, 4) is 0 Å². The molecule has 0 radical (unpaired) electrons. The van der Waals surface area contributed by atoms with Crippen molar-refractivity contribution in [2.75, 3.05) is 11.1 Å². The Hall–Kier alpha value is -1.69. The molecule has 0 aliphatic rings. The number of halogens is 2. The molecule has 0 bridgehead atoms. The molecule has 6 heteroatoms. The molecular formula is C14H16BrFN4. The van der Waals surface area contributed by atoms with Crippen LogP contribution in [0, 0.1) is 5.82 Å². The van der Waals surface area contributed by atoms with E-state index in [4.69, 9.17) is 5.73 Å². The number of aromatic nitrogens is 2. The predicted octanol–water partition coefficient (Wildman–Crippen LogP) is 4.00. The smallest absolute Gasteiger partial charge is 0.138 e. The Labute approximate surface area is 125 Å². The van der Waals surface area contributed by atoms with E-state index in [0.29, 0.717) is 21.9 Å². The molecular weight excluding hydrogens is 323 g/mol. The second kappa shape index (κ2) is 5.36. The summed E-state index contributed by atoms with van der Waals surface area (Å²) in [5.74, 6) is 1.32. The summed E-state index contributed by atoms with van der Waals surface area (Å²) in [5.41, 5.74) is 6.32. The number of nitrogens with zero attached hydrogens (tertiary/aromatic N) is 2. The summed E-state index contributed by atoms with van der Waals surface area (Å²) in [6.45, 7) is 6.04. The second-order valence-electron chi connectivity index (χ2n) is 5.51. The Morgan fingerprint density at radius 2 is 1.90 bits per heavy atom. The largest absolute Gasteiger partial charge is 0.384 e. The number of hydrogen-bond acceptors (Lipinski definition) is 4. The highest BCUT2D eigenvalue weighted by molar-refractivity contribution is 9.10. The first-order valence-corrected chi connectivity index (χ1v) is 6.92. The lowest BCUT2D eigenvalue weighted by Gasteiger charge is -2.18. The van der Waals surface area contributed by atoms with Crippen molar-refractivity contribution in [3.63, 3.8) is 0 Å². The summed E-state index contributed by atoms with van der Waals surface area (Å²) in [4.78, 5) is 8.68. The van der Waals surface area contributed by atoms with Crippen LogP contribution in [-0.2, 0) is 5.41 Å². The fraction of sp³-hybridized carbons (Fsp3) is 0.286. The van der Waals surface area contributed by atoms with Crippen LogP contribution in [0.5, 0.6) is 0 Å². The third kappa shape index (κ3) is 3.45. The summed E-state index contributed by atoms with van der Waals surface area (Å²) < 4.78 is 13.6. The van der Waals surface area contributed by atoms with Gasteiger partial charge in [-0.05, 0) is 34.1 Å². The maximum Gasteiger partial charge on any atom is 0.138 e. The van der Waals surface area contributed by atoms with E-state index in [1.807, 2.05) is 20.8 Å². The van der Waals surface area contributed by atoms with E-state index in [9.17, 15) is 4.39 Å². The molecule has 1 aromatic heterocycles. The van der Waals surface area contributed by atoms with Crippen LogP contribution in [0.15, 0.2) is 28.7 Å². The highest BCUT2D eigenvalue weighted by Crippen LogP contribution is 2.25. The molecule has 0 aliphatic carbocycles. The number of benzene rings is 1. The quantitative estimate of drug-likeness (QED) is 0.868. The summed E-state index contributed by atoms with van der Waals surface area (Å²) in [7, 11) is 0. The predicted molar refractivity (Wildman–Crippen MR) is 82.5 cm³/mol. The molecule has 0 atom stereocenters. The van der Waals surface area contributed by atoms with E-state index in [1.165, 1.54) is 6.07 Å². The lowest BCUT2D eigenvalue weighted by Crippen LogP contribution is -2.17. The maximum atomic E-state index is 13.2. The number of nitrogens with one attached hydrogen (secondary N) is 1. The van der Waals surface area contributed by atoms with Crippen LogP contribution in [0.25, 0.3) is 0 Å². The zero-order chi connectivity index (χ0) is 14.9. The molecule has 3 N–H and O–H groups in total. The average molecular weight is 339 g/mol. The molecule has 0 saturated carbocycles. The number of rotatable bonds is 2. The van der Waals surface area contributed by atoms with Gasteiger partial charge in [0.15, 0.2) is 0 Å². The van der Waals surface area contributed by atoms with Crippen LogP contribution in [0.3, 0.4) is 0 Å². The SMILES string of the molecule is CC(C)(C)c1nc(N)cc(Nc2ccc(F)c(Br)c2)n1. The second-order valence-corrected chi connectivity index (χ2v) is 6.36. The summed E-state index contributed by atoms with van der Waals surface area (Å²) >= 11 is 3.15. The highest BCUT2D eigenvalue weighted by atomic mass is 79.9. The van der Waals surface area contributed by atoms with Crippen LogP contribution >= 0.6 is 15.9 Å². The molecule has 1 aromatic carbocycles. The molecule has 2 rings (SSSR count). The average Bonchev–Trinajstić information content (AvgIpc) is 2.32. The number of nitrogen functional groups attached to an aromatic ring is 1. The van der Waals surface area contributed by atoms with Crippen molar-refractivity contribution in [2.24, 2.45) is 0 Å². The summed E-state index contributed by atoms with van der Waals surface area (Å²) in [6.07, 6.45) is 0. The van der Waals surface area contributed by atoms with Crippen LogP contribution in [0.1, 0.15) is 26.6 Å². The lowest BCUT2D eigenvalue weighted by atomic mass is 9.96. The molecule has 0 spiro atoms. The first kappa shape index (κ1) is 14.7. The van der Waals surface area contributed by atoms with Crippen LogP contribution in [0.4, 0.5) is 21.7 Å². The van der Waals surface area contributed by atoms with Gasteiger partial charge in [-0.15, -0.1) is 0 Å². The Morgan fingerprint density at radius 1 is 1.20 bits per heavy atom. The molecule has 106 valence electrons. The monoisotopic (exact) mass is 338 g/mol. The minimum absolute atomic E-state index is 0.199. The molecule has 0 fully saturated rings. The lowest BCUT2D eigenvalue weighted by molar-refractivity contribution is 0.547. The van der Waals surface area contributed by atoms with Gasteiger partial charge >= 0.3 is 0 Å². The topological polar surface area (TPSA) is 63.8 Å². The standard InChI is InChI=1S/C14H16BrFN4/c1-14(2,3)13-19-11(17)7-12(20-13)18-8-4-5-10(16)9(15)6-8/h4-7H,1-3H3,(H3,17,18,19,20). The zero-order valence-corrected chi connectivity index (χ0v) is 13.1. The normalized spacial score (nSPS) is 11.4. The van der Waals surface area contributed by atoms with Gasteiger partial charge in [-0.1, -0.05) is 20.8 Å². The summed E-state index contributed by atoms with van der Waals surface area (Å²) in [6, 6.07) is 6.30. The third-order valence-electron chi connectivity index (χ3n) is 2.61. The third-order valence-corrected chi connectivity index (χ3v) is 3.22. The van der Waals surface area contributed by atoms with Crippen LogP contribution in [0.2, 0.25) is 0 Å². The minimum atomic E-state index is -0.312. The molecule has 0 amide bonds. The molecule has 20 heavy (non-hydrogen) atoms. The Kier molecular flexibility index (Phi) is 3.94. The van der Waals surface area contributed by atoms with E-state index in [-0.39, 0.29) is 11.2 Å². The van der Waals surface area contributed by atoms with Crippen molar-refractivity contribution in [2.45, 2.75) is 26.2 Å². The first-order chi connectivity index (χ1) is 9.25. The first-order valence-electron chi connectivity index (χ1n) is 6.13. The van der Waals surface area contributed by atoms with Gasteiger partial charge < -0.3 is 11.1 Å². The molecule has 0 saturated heterocycles. The van der Waals surface area contributed by atoms with Gasteiger partial charge in [0.1, 0.15) is 23.3 Å². The van der Waals surface area contributed by atoms with Crippen LogP contribution < -0.4 is 11.1 Å². The van der Waals surface area contributed by atoms with Gasteiger partial charge in [0.05, 0.1) is 4.47 Å². The fourth-order valence-corrected chi connectivity index (χ4v) is 1.97. The van der Waals surface area contributed by atoms with Gasteiger partial charge in [-0.25, -0.2) is 14.4 Å². The van der Waals surface area contributed by atoms with E-state index < -0.39 is 0 Å². The summed E-state index contributed by atoms with van der Waals surface area (Å²) in [5, 5.41) is 3.10. The van der Waals surface area contributed by atoms with Crippen molar-refractivity contribution >= 4 is 33.3 Å². The molecule has 1 heterocycles. The van der Waals surface area contributed by atoms with Gasteiger partial charge in [0.2, 0.25) is 0 Å².